The molecule has 0 radical (unpaired) electrons. The standard InChI is InChI=1S/C23H30N2O4/c1-7-8-16(22(26)17-9-10-19(25(2)3)18(24)14-17)11-15-12-20(27-4)23(29-6)21(13-15)28-5/h9-14H,7-8,24H2,1-6H3/b16-11+. The number of rotatable bonds is 9. The van der Waals surface area contributed by atoms with Crippen molar-refractivity contribution < 1.29 is 19.0 Å². The summed E-state index contributed by atoms with van der Waals surface area (Å²) in [6.45, 7) is 2.04. The summed E-state index contributed by atoms with van der Waals surface area (Å²) in [4.78, 5) is 15.1. The van der Waals surface area contributed by atoms with Crippen LogP contribution in [0.2, 0.25) is 0 Å². The van der Waals surface area contributed by atoms with Crippen molar-refractivity contribution in [2.75, 3.05) is 46.1 Å². The van der Waals surface area contributed by atoms with Crippen LogP contribution in [-0.2, 0) is 0 Å². The fraction of sp³-hybridized carbons (Fsp3) is 0.348. The number of hydrogen-bond acceptors (Lipinski definition) is 6. The highest BCUT2D eigenvalue weighted by molar-refractivity contribution is 6.12. The Morgan fingerprint density at radius 2 is 1.66 bits per heavy atom. The first-order chi connectivity index (χ1) is 13.9. The normalized spacial score (nSPS) is 11.2. The Bertz CT molecular complexity index is 879. The monoisotopic (exact) mass is 398 g/mol. The average Bonchev–Trinajstić information content (AvgIpc) is 2.71. The van der Waals surface area contributed by atoms with E-state index in [0.29, 0.717) is 40.5 Å². The number of ether oxygens (including phenoxy) is 3. The van der Waals surface area contributed by atoms with Crippen molar-refractivity contribution in [3.63, 3.8) is 0 Å². The molecule has 6 nitrogen and oxygen atoms in total. The van der Waals surface area contributed by atoms with Gasteiger partial charge in [-0.2, -0.15) is 0 Å². The van der Waals surface area contributed by atoms with Gasteiger partial charge in [0.25, 0.3) is 0 Å². The minimum atomic E-state index is -0.0439. The molecule has 0 heterocycles. The largest absolute Gasteiger partial charge is 0.493 e. The van der Waals surface area contributed by atoms with Crippen molar-refractivity contribution >= 4 is 23.2 Å². The van der Waals surface area contributed by atoms with Crippen molar-refractivity contribution in [1.29, 1.82) is 0 Å². The second kappa shape index (κ2) is 9.87. The first-order valence-corrected chi connectivity index (χ1v) is 9.48. The number of carbonyl (C=O) groups is 1. The van der Waals surface area contributed by atoms with Crippen LogP contribution < -0.4 is 24.8 Å². The fourth-order valence-electron chi connectivity index (χ4n) is 3.19. The van der Waals surface area contributed by atoms with Gasteiger partial charge >= 0.3 is 0 Å². The zero-order valence-electron chi connectivity index (χ0n) is 18.0. The van der Waals surface area contributed by atoms with Crippen LogP contribution in [0.1, 0.15) is 35.7 Å². The molecule has 0 unspecified atom stereocenters. The minimum Gasteiger partial charge on any atom is -0.493 e. The summed E-state index contributed by atoms with van der Waals surface area (Å²) in [5.74, 6) is 1.56. The molecule has 2 rings (SSSR count). The van der Waals surface area contributed by atoms with Gasteiger partial charge in [0.15, 0.2) is 17.3 Å². The van der Waals surface area contributed by atoms with Gasteiger partial charge in [0.2, 0.25) is 5.75 Å². The summed E-state index contributed by atoms with van der Waals surface area (Å²) >= 11 is 0. The van der Waals surface area contributed by atoms with Crippen molar-refractivity contribution in [3.8, 4) is 17.2 Å². The SMILES string of the molecule is CCC/C(=C\c1cc(OC)c(OC)c(OC)c1)C(=O)c1ccc(N(C)C)c(N)c1. The van der Waals surface area contributed by atoms with Crippen molar-refractivity contribution in [1.82, 2.24) is 0 Å². The summed E-state index contributed by atoms with van der Waals surface area (Å²) in [6.07, 6.45) is 3.35. The van der Waals surface area contributed by atoms with E-state index in [0.717, 1.165) is 17.7 Å². The lowest BCUT2D eigenvalue weighted by Crippen LogP contribution is -2.12. The van der Waals surface area contributed by atoms with Crippen LogP contribution in [0.25, 0.3) is 6.08 Å². The summed E-state index contributed by atoms with van der Waals surface area (Å²) in [6, 6.07) is 9.07. The summed E-state index contributed by atoms with van der Waals surface area (Å²) in [7, 11) is 8.53. The second-order valence-corrected chi connectivity index (χ2v) is 6.88. The Hall–Kier alpha value is -3.15. The Labute approximate surface area is 172 Å². The smallest absolute Gasteiger partial charge is 0.203 e. The van der Waals surface area contributed by atoms with Gasteiger partial charge in [0, 0.05) is 25.2 Å². The Balaban J connectivity index is 2.49. The molecule has 2 aromatic carbocycles. The molecular weight excluding hydrogens is 368 g/mol. The van der Waals surface area contributed by atoms with Gasteiger partial charge in [-0.25, -0.2) is 0 Å². The maximum absolute atomic E-state index is 13.2. The molecule has 0 amide bonds. The van der Waals surface area contributed by atoms with Crippen LogP contribution in [0.4, 0.5) is 11.4 Å². The number of methoxy groups -OCH3 is 3. The first kappa shape index (κ1) is 22.1. The van der Waals surface area contributed by atoms with Gasteiger partial charge in [-0.3, -0.25) is 4.79 Å². The van der Waals surface area contributed by atoms with E-state index in [9.17, 15) is 4.79 Å². The molecule has 0 fully saturated rings. The molecule has 2 aromatic rings. The first-order valence-electron chi connectivity index (χ1n) is 9.48. The van der Waals surface area contributed by atoms with E-state index < -0.39 is 0 Å². The van der Waals surface area contributed by atoms with Gasteiger partial charge in [-0.15, -0.1) is 0 Å². The Kier molecular flexibility index (Phi) is 7.53. The highest BCUT2D eigenvalue weighted by Gasteiger charge is 2.16. The third kappa shape index (κ3) is 5.02. The number of nitrogens with zero attached hydrogens (tertiary/aromatic N) is 1. The predicted octanol–water partition coefficient (Wildman–Crippen LogP) is 4.43. The van der Waals surface area contributed by atoms with E-state index >= 15 is 0 Å². The van der Waals surface area contributed by atoms with E-state index in [1.165, 1.54) is 0 Å². The van der Waals surface area contributed by atoms with E-state index in [-0.39, 0.29) is 5.78 Å². The van der Waals surface area contributed by atoms with E-state index in [1.807, 2.05) is 56.3 Å². The highest BCUT2D eigenvalue weighted by atomic mass is 16.5. The van der Waals surface area contributed by atoms with Crippen molar-refractivity contribution in [2.45, 2.75) is 19.8 Å². The van der Waals surface area contributed by atoms with Crippen molar-refractivity contribution in [3.05, 3.63) is 47.0 Å². The minimum absolute atomic E-state index is 0.0439. The predicted molar refractivity (Wildman–Crippen MR) is 118 cm³/mol. The van der Waals surface area contributed by atoms with Crippen molar-refractivity contribution in [2.24, 2.45) is 0 Å². The Morgan fingerprint density at radius 3 is 2.10 bits per heavy atom. The summed E-state index contributed by atoms with van der Waals surface area (Å²) < 4.78 is 16.2. The summed E-state index contributed by atoms with van der Waals surface area (Å²) in [5, 5.41) is 0. The fourth-order valence-corrected chi connectivity index (χ4v) is 3.19. The molecule has 156 valence electrons. The lowest BCUT2D eigenvalue weighted by atomic mass is 9.96. The number of benzene rings is 2. The van der Waals surface area contributed by atoms with Gasteiger partial charge in [0.05, 0.1) is 32.7 Å². The molecular formula is C23H30N2O4. The van der Waals surface area contributed by atoms with E-state index in [4.69, 9.17) is 19.9 Å². The Morgan fingerprint density at radius 1 is 1.03 bits per heavy atom. The zero-order chi connectivity index (χ0) is 21.6. The number of allylic oxidation sites excluding steroid dienone is 1. The van der Waals surface area contributed by atoms with Gasteiger partial charge < -0.3 is 24.8 Å². The molecule has 0 atom stereocenters. The number of hydrogen-bond donors (Lipinski definition) is 1. The lowest BCUT2D eigenvalue weighted by Gasteiger charge is -2.16. The van der Waals surface area contributed by atoms with Crippen LogP contribution >= 0.6 is 0 Å². The van der Waals surface area contributed by atoms with Gasteiger partial charge in [-0.05, 0) is 48.4 Å². The molecule has 0 saturated carbocycles. The van der Waals surface area contributed by atoms with Gasteiger partial charge in [-0.1, -0.05) is 13.3 Å². The maximum atomic E-state index is 13.2. The van der Waals surface area contributed by atoms with Crippen LogP contribution in [0, 0.1) is 0 Å². The molecule has 2 N–H and O–H groups in total. The molecule has 0 spiro atoms. The van der Waals surface area contributed by atoms with E-state index in [1.54, 1.807) is 27.4 Å². The molecule has 0 aliphatic carbocycles. The number of carbonyl (C=O) groups excluding carboxylic acids is 1. The highest BCUT2D eigenvalue weighted by Crippen LogP contribution is 2.39. The topological polar surface area (TPSA) is 74.0 Å². The number of ketones is 1. The molecule has 0 aromatic heterocycles. The molecule has 0 saturated heterocycles. The zero-order valence-corrected chi connectivity index (χ0v) is 18.0. The van der Waals surface area contributed by atoms with E-state index in [2.05, 4.69) is 0 Å². The van der Waals surface area contributed by atoms with Gasteiger partial charge in [0.1, 0.15) is 0 Å². The summed E-state index contributed by atoms with van der Waals surface area (Å²) in [5.41, 5.74) is 9.65. The van der Waals surface area contributed by atoms with Crippen LogP contribution in [-0.4, -0.2) is 41.2 Å². The third-order valence-corrected chi connectivity index (χ3v) is 4.61. The quantitative estimate of drug-likeness (QED) is 0.383. The maximum Gasteiger partial charge on any atom is 0.203 e. The number of anilines is 2. The molecule has 0 aliphatic heterocycles. The lowest BCUT2D eigenvalue weighted by molar-refractivity contribution is 0.103. The molecule has 29 heavy (non-hydrogen) atoms. The average molecular weight is 399 g/mol. The number of Topliss-reactive ketones (excluding diaryl/α,β-unsaturated/α-hetero) is 1. The van der Waals surface area contributed by atoms with Crippen LogP contribution in [0.3, 0.4) is 0 Å². The molecule has 0 bridgehead atoms. The molecule has 0 aliphatic rings. The van der Waals surface area contributed by atoms with Crippen LogP contribution in [0.15, 0.2) is 35.9 Å². The molecule has 6 heteroatoms. The third-order valence-electron chi connectivity index (χ3n) is 4.61. The second-order valence-electron chi connectivity index (χ2n) is 6.88. The van der Waals surface area contributed by atoms with Crippen LogP contribution in [0.5, 0.6) is 17.2 Å². The number of nitrogens with two attached hydrogens (primary N) is 1. The number of nitrogen functional groups attached to an aromatic ring is 1.